The lowest BCUT2D eigenvalue weighted by atomic mass is 10.2. The van der Waals surface area contributed by atoms with Gasteiger partial charge in [0.05, 0.1) is 5.75 Å². The summed E-state index contributed by atoms with van der Waals surface area (Å²) in [5.41, 5.74) is 0. The third-order valence-electron chi connectivity index (χ3n) is 1.95. The summed E-state index contributed by atoms with van der Waals surface area (Å²) in [6.07, 6.45) is 0. The number of hydrogen-bond donors (Lipinski definition) is 0. The second-order valence-corrected chi connectivity index (χ2v) is 6.01. The predicted molar refractivity (Wildman–Crippen MR) is 50.1 cm³/mol. The fourth-order valence-corrected chi connectivity index (χ4v) is 2.56. The number of carbonyl (C=O) groups excluding carboxylic acids is 1. The van der Waals surface area contributed by atoms with Crippen LogP contribution in [-0.2, 0) is 14.6 Å². The zero-order valence-electron chi connectivity index (χ0n) is 7.99. The van der Waals surface area contributed by atoms with Crippen LogP contribution in [0.5, 0.6) is 0 Å². The summed E-state index contributed by atoms with van der Waals surface area (Å²) in [6.45, 7) is 5.04. The van der Waals surface area contributed by atoms with Crippen molar-refractivity contribution in [3.05, 3.63) is 0 Å². The Morgan fingerprint density at radius 2 is 2.08 bits per heavy atom. The van der Waals surface area contributed by atoms with Gasteiger partial charge in [0.2, 0.25) is 5.91 Å². The van der Waals surface area contributed by atoms with E-state index in [0.717, 1.165) is 0 Å². The average Bonchev–Trinajstić information content (AvgIpc) is 1.93. The molecule has 1 heterocycles. The van der Waals surface area contributed by atoms with Crippen molar-refractivity contribution in [1.82, 2.24) is 4.90 Å². The van der Waals surface area contributed by atoms with Gasteiger partial charge >= 0.3 is 0 Å². The lowest BCUT2D eigenvalue weighted by molar-refractivity contribution is -0.129. The van der Waals surface area contributed by atoms with E-state index in [9.17, 15) is 13.2 Å². The molecule has 0 N–H and O–H groups in total. The van der Waals surface area contributed by atoms with E-state index in [-0.39, 0.29) is 17.4 Å². The van der Waals surface area contributed by atoms with Crippen molar-refractivity contribution >= 4 is 15.7 Å². The lowest BCUT2D eigenvalue weighted by Crippen LogP contribution is -2.46. The van der Waals surface area contributed by atoms with Gasteiger partial charge in [-0.15, -0.1) is 0 Å². The van der Waals surface area contributed by atoms with Gasteiger partial charge in [-0.1, -0.05) is 13.8 Å². The fourth-order valence-electron chi connectivity index (χ4n) is 1.36. The van der Waals surface area contributed by atoms with E-state index >= 15 is 0 Å². The molecule has 0 saturated carbocycles. The van der Waals surface area contributed by atoms with Gasteiger partial charge in [-0.05, 0) is 5.92 Å². The van der Waals surface area contributed by atoms with Gasteiger partial charge in [-0.25, -0.2) is 8.42 Å². The summed E-state index contributed by atoms with van der Waals surface area (Å²) >= 11 is 0. The molecular weight excluding hydrogens is 190 g/mol. The zero-order chi connectivity index (χ0) is 10.1. The van der Waals surface area contributed by atoms with E-state index in [1.165, 1.54) is 0 Å². The maximum atomic E-state index is 11.3. The Kier molecular flexibility index (Phi) is 2.95. The van der Waals surface area contributed by atoms with Crippen molar-refractivity contribution in [2.24, 2.45) is 5.92 Å². The number of nitrogens with zero attached hydrogens (tertiary/aromatic N) is 1. The van der Waals surface area contributed by atoms with Gasteiger partial charge in [-0.2, -0.15) is 0 Å². The Labute approximate surface area is 78.8 Å². The number of amides is 1. The minimum atomic E-state index is -3.09. The molecule has 1 aliphatic heterocycles. The maximum absolute atomic E-state index is 11.3. The third-order valence-corrected chi connectivity index (χ3v) is 3.45. The highest BCUT2D eigenvalue weighted by atomic mass is 32.2. The molecule has 0 spiro atoms. The summed E-state index contributed by atoms with van der Waals surface area (Å²) in [7, 11) is -3.09. The Morgan fingerprint density at radius 1 is 1.46 bits per heavy atom. The molecule has 0 radical (unpaired) electrons. The minimum absolute atomic E-state index is 0.117. The van der Waals surface area contributed by atoms with E-state index in [0.29, 0.717) is 19.0 Å². The number of hydrogen-bond acceptors (Lipinski definition) is 3. The normalized spacial score (nSPS) is 22.4. The summed E-state index contributed by atoms with van der Waals surface area (Å²) in [6, 6.07) is 0. The maximum Gasteiger partial charge on any atom is 0.237 e. The molecule has 1 rings (SSSR count). The molecule has 1 saturated heterocycles. The highest BCUT2D eigenvalue weighted by Gasteiger charge is 2.28. The zero-order valence-corrected chi connectivity index (χ0v) is 8.80. The highest BCUT2D eigenvalue weighted by molar-refractivity contribution is 7.92. The van der Waals surface area contributed by atoms with Crippen molar-refractivity contribution in [3.8, 4) is 0 Å². The van der Waals surface area contributed by atoms with Crippen molar-refractivity contribution in [2.75, 3.05) is 24.6 Å². The van der Waals surface area contributed by atoms with Crippen LogP contribution < -0.4 is 0 Å². The Hall–Kier alpha value is -0.580. The van der Waals surface area contributed by atoms with Crippen LogP contribution in [0.2, 0.25) is 0 Å². The Bertz CT molecular complexity index is 295. The van der Waals surface area contributed by atoms with Crippen LogP contribution in [0.4, 0.5) is 0 Å². The highest BCUT2D eigenvalue weighted by Crippen LogP contribution is 2.07. The molecule has 0 aromatic rings. The van der Waals surface area contributed by atoms with Crippen LogP contribution in [-0.4, -0.2) is 43.8 Å². The standard InChI is InChI=1S/C8H15NO3S/c1-7(2)5-9-3-4-13(11,12)6-8(9)10/h7H,3-6H2,1-2H3. The molecule has 5 heteroatoms. The van der Waals surface area contributed by atoms with Crippen LogP contribution in [0, 0.1) is 5.92 Å². The first kappa shape index (κ1) is 10.5. The second kappa shape index (κ2) is 3.65. The molecule has 1 amide bonds. The molecule has 4 nitrogen and oxygen atoms in total. The molecule has 0 atom stereocenters. The molecular formula is C8H15NO3S. The van der Waals surface area contributed by atoms with Crippen molar-refractivity contribution in [2.45, 2.75) is 13.8 Å². The van der Waals surface area contributed by atoms with Crippen molar-refractivity contribution < 1.29 is 13.2 Å². The molecule has 13 heavy (non-hydrogen) atoms. The molecule has 0 aromatic carbocycles. The third kappa shape index (κ3) is 2.99. The van der Waals surface area contributed by atoms with Crippen LogP contribution in [0.15, 0.2) is 0 Å². The predicted octanol–water partition coefficient (Wildman–Crippen LogP) is -0.101. The van der Waals surface area contributed by atoms with Crippen LogP contribution in [0.3, 0.4) is 0 Å². The SMILES string of the molecule is CC(C)CN1CCS(=O)(=O)CC1=O. The quantitative estimate of drug-likeness (QED) is 0.632. The Morgan fingerprint density at radius 3 is 2.54 bits per heavy atom. The smallest absolute Gasteiger partial charge is 0.237 e. The molecule has 0 bridgehead atoms. The summed E-state index contributed by atoms with van der Waals surface area (Å²) in [4.78, 5) is 12.9. The van der Waals surface area contributed by atoms with Gasteiger partial charge < -0.3 is 4.90 Å². The molecule has 1 aliphatic rings. The Balaban J connectivity index is 2.59. The van der Waals surface area contributed by atoms with E-state index in [1.807, 2.05) is 13.8 Å². The van der Waals surface area contributed by atoms with E-state index < -0.39 is 9.84 Å². The number of carbonyl (C=O) groups is 1. The van der Waals surface area contributed by atoms with Crippen molar-refractivity contribution in [1.29, 1.82) is 0 Å². The summed E-state index contributed by atoms with van der Waals surface area (Å²) in [5.74, 6) is -0.0461. The fraction of sp³-hybridized carbons (Fsp3) is 0.875. The minimum Gasteiger partial charge on any atom is -0.341 e. The first-order valence-corrected chi connectivity index (χ1v) is 6.21. The molecule has 0 unspecified atom stereocenters. The van der Waals surface area contributed by atoms with Gasteiger partial charge in [0.15, 0.2) is 9.84 Å². The average molecular weight is 205 g/mol. The second-order valence-electron chi connectivity index (χ2n) is 3.83. The molecule has 76 valence electrons. The summed E-state index contributed by atoms with van der Waals surface area (Å²) < 4.78 is 22.1. The van der Waals surface area contributed by atoms with Gasteiger partial charge in [0.25, 0.3) is 0 Å². The largest absolute Gasteiger partial charge is 0.341 e. The van der Waals surface area contributed by atoms with Gasteiger partial charge in [0, 0.05) is 13.1 Å². The molecule has 1 fully saturated rings. The van der Waals surface area contributed by atoms with Crippen LogP contribution in [0.1, 0.15) is 13.8 Å². The van der Waals surface area contributed by atoms with E-state index in [1.54, 1.807) is 4.90 Å². The number of sulfone groups is 1. The van der Waals surface area contributed by atoms with Crippen LogP contribution >= 0.6 is 0 Å². The van der Waals surface area contributed by atoms with Gasteiger partial charge in [0.1, 0.15) is 5.75 Å². The van der Waals surface area contributed by atoms with E-state index in [4.69, 9.17) is 0 Å². The monoisotopic (exact) mass is 205 g/mol. The first-order chi connectivity index (χ1) is 5.91. The first-order valence-electron chi connectivity index (χ1n) is 4.39. The van der Waals surface area contributed by atoms with E-state index in [2.05, 4.69) is 0 Å². The summed E-state index contributed by atoms with van der Waals surface area (Å²) in [5, 5.41) is 0. The number of rotatable bonds is 2. The lowest BCUT2D eigenvalue weighted by Gasteiger charge is -2.28. The molecule has 0 aromatic heterocycles. The molecule has 0 aliphatic carbocycles. The van der Waals surface area contributed by atoms with Crippen LogP contribution in [0.25, 0.3) is 0 Å². The van der Waals surface area contributed by atoms with Crippen molar-refractivity contribution in [3.63, 3.8) is 0 Å². The topological polar surface area (TPSA) is 54.5 Å². The van der Waals surface area contributed by atoms with Gasteiger partial charge in [-0.3, -0.25) is 4.79 Å².